The lowest BCUT2D eigenvalue weighted by atomic mass is 10.1. The monoisotopic (exact) mass is 477 g/mol. The Balaban J connectivity index is 1.50. The van der Waals surface area contributed by atoms with Gasteiger partial charge < -0.3 is 14.7 Å². The van der Waals surface area contributed by atoms with Crippen LogP contribution in [-0.2, 0) is 30.4 Å². The van der Waals surface area contributed by atoms with Crippen molar-refractivity contribution in [2.24, 2.45) is 5.10 Å². The van der Waals surface area contributed by atoms with Gasteiger partial charge in [-0.1, -0.05) is 13.8 Å². The third-order valence-corrected chi connectivity index (χ3v) is 5.15. The van der Waals surface area contributed by atoms with Crippen molar-refractivity contribution in [3.63, 3.8) is 0 Å². The Bertz CT molecular complexity index is 984. The summed E-state index contributed by atoms with van der Waals surface area (Å²) < 4.78 is 5.18. The predicted molar refractivity (Wildman–Crippen MR) is 121 cm³/mol. The van der Waals surface area contributed by atoms with E-state index in [0.717, 1.165) is 5.56 Å². The summed E-state index contributed by atoms with van der Waals surface area (Å²) >= 11 is 4.33. The molecule has 1 saturated heterocycles. The molecule has 1 aromatic carbocycles. The van der Waals surface area contributed by atoms with Gasteiger partial charge in [-0.05, 0) is 30.9 Å². The summed E-state index contributed by atoms with van der Waals surface area (Å²) in [5.41, 5.74) is 4.53. The number of aryl methyl sites for hydroxylation is 1. The Morgan fingerprint density at radius 2 is 1.88 bits per heavy atom. The topological polar surface area (TPSA) is 135 Å². The van der Waals surface area contributed by atoms with E-state index < -0.39 is 22.5 Å². The highest BCUT2D eigenvalue weighted by Crippen LogP contribution is 2.34. The average molecular weight is 478 g/mol. The van der Waals surface area contributed by atoms with E-state index in [1.807, 2.05) is 13.8 Å². The van der Waals surface area contributed by atoms with Gasteiger partial charge in [0, 0.05) is 35.6 Å². The lowest BCUT2D eigenvalue weighted by molar-refractivity contribution is -0.197. The molecule has 1 aliphatic carbocycles. The fourth-order valence-corrected chi connectivity index (χ4v) is 3.68. The number of ether oxygens (including phenoxy) is 1. The largest absolute Gasteiger partial charge is 0.507 e. The van der Waals surface area contributed by atoms with E-state index in [0.29, 0.717) is 41.4 Å². The summed E-state index contributed by atoms with van der Waals surface area (Å²) in [5.74, 6) is -1.56. The van der Waals surface area contributed by atoms with Gasteiger partial charge in [-0.25, -0.2) is 10.2 Å². The number of hydrogen-bond acceptors (Lipinski definition) is 9. The summed E-state index contributed by atoms with van der Waals surface area (Å²) in [7, 11) is 0. The first-order chi connectivity index (χ1) is 15.5. The number of hydrogen-bond donors (Lipinski definition) is 3. The number of thiol groups is 1. The third kappa shape index (κ3) is 6.70. The maximum atomic E-state index is 12.0. The number of amides is 3. The van der Waals surface area contributed by atoms with Crippen LogP contribution in [0.5, 0.6) is 11.5 Å². The number of imide groups is 1. The van der Waals surface area contributed by atoms with Crippen LogP contribution in [0.3, 0.4) is 0 Å². The lowest BCUT2D eigenvalue weighted by Crippen LogP contribution is -2.32. The number of hydrazone groups is 1. The van der Waals surface area contributed by atoms with Gasteiger partial charge in [0.05, 0.1) is 18.7 Å². The highest BCUT2D eigenvalue weighted by molar-refractivity contribution is 7.81. The van der Waals surface area contributed by atoms with Crippen LogP contribution in [0.15, 0.2) is 17.2 Å². The second-order valence-corrected chi connectivity index (χ2v) is 9.77. The van der Waals surface area contributed by atoms with Crippen LogP contribution in [-0.4, -0.2) is 50.9 Å². The molecule has 178 valence electrons. The molecule has 33 heavy (non-hydrogen) atoms. The van der Waals surface area contributed by atoms with Crippen molar-refractivity contribution < 1.29 is 33.9 Å². The standard InChI is InChI=1S/C22H27N3O7S/c1-22(2,33)12-17(27)24-23-15-6-5-13-10-14(11-16(26)21(13)15)31-9-3-4-20(30)32-25-18(28)7-8-19(25)29/h10-11,26,33H,3-9,12H2,1-2H3,(H,24,27)/b23-15+. The number of carbonyl (C=O) groups excluding carboxylic acids is 4. The second kappa shape index (κ2) is 10.2. The number of hydroxylamine groups is 2. The molecule has 2 aliphatic rings. The van der Waals surface area contributed by atoms with E-state index in [9.17, 15) is 24.3 Å². The van der Waals surface area contributed by atoms with Gasteiger partial charge in [0.1, 0.15) is 11.5 Å². The summed E-state index contributed by atoms with van der Waals surface area (Å²) in [5, 5.41) is 15.1. The van der Waals surface area contributed by atoms with Crippen LogP contribution in [0, 0.1) is 0 Å². The fraction of sp³-hybridized carbons (Fsp3) is 0.500. The van der Waals surface area contributed by atoms with Crippen molar-refractivity contribution in [2.75, 3.05) is 6.61 Å². The van der Waals surface area contributed by atoms with E-state index in [-0.39, 0.29) is 43.9 Å². The van der Waals surface area contributed by atoms with Gasteiger partial charge in [0.25, 0.3) is 11.8 Å². The molecule has 1 heterocycles. The molecule has 0 bridgehead atoms. The zero-order chi connectivity index (χ0) is 24.2. The van der Waals surface area contributed by atoms with E-state index >= 15 is 0 Å². The van der Waals surface area contributed by atoms with Gasteiger partial charge in [0.15, 0.2) is 0 Å². The molecule has 0 aromatic heterocycles. The van der Waals surface area contributed by atoms with Crippen LogP contribution in [0.25, 0.3) is 0 Å². The van der Waals surface area contributed by atoms with Gasteiger partial charge >= 0.3 is 5.97 Å². The van der Waals surface area contributed by atoms with Crippen molar-refractivity contribution in [3.05, 3.63) is 23.3 Å². The zero-order valence-electron chi connectivity index (χ0n) is 18.5. The number of fused-ring (bicyclic) bond motifs is 1. The van der Waals surface area contributed by atoms with Crippen LogP contribution < -0.4 is 10.2 Å². The number of phenols is 1. The molecule has 1 aliphatic heterocycles. The second-order valence-electron chi connectivity index (χ2n) is 8.56. The number of phenolic OH excluding ortho intramolecular Hbond substituents is 1. The van der Waals surface area contributed by atoms with E-state index in [2.05, 4.69) is 23.2 Å². The molecule has 0 saturated carbocycles. The SMILES string of the molecule is CC(C)(S)CC(=O)N/N=C1\CCc2cc(OCCCC(=O)ON3C(=O)CCC3=O)cc(O)c21. The Hall–Kier alpha value is -3.08. The molecule has 0 atom stereocenters. The number of benzene rings is 1. The van der Waals surface area contributed by atoms with Crippen molar-refractivity contribution in [1.82, 2.24) is 10.5 Å². The van der Waals surface area contributed by atoms with Gasteiger partial charge in [-0.15, -0.1) is 5.06 Å². The van der Waals surface area contributed by atoms with Crippen molar-refractivity contribution >= 4 is 42.0 Å². The molecule has 11 heteroatoms. The first-order valence-electron chi connectivity index (χ1n) is 10.7. The van der Waals surface area contributed by atoms with E-state index in [1.54, 1.807) is 6.07 Å². The number of nitrogens with zero attached hydrogens (tertiary/aromatic N) is 2. The molecule has 1 fully saturated rings. The van der Waals surface area contributed by atoms with E-state index in [1.165, 1.54) is 6.07 Å². The predicted octanol–water partition coefficient (Wildman–Crippen LogP) is 2.02. The summed E-state index contributed by atoms with van der Waals surface area (Å²) in [6, 6.07) is 3.24. The maximum Gasteiger partial charge on any atom is 0.333 e. The Morgan fingerprint density at radius 3 is 2.55 bits per heavy atom. The number of carbonyl (C=O) groups is 4. The van der Waals surface area contributed by atoms with Crippen LogP contribution >= 0.6 is 12.6 Å². The van der Waals surface area contributed by atoms with Crippen molar-refractivity contribution in [1.29, 1.82) is 0 Å². The third-order valence-electron chi connectivity index (χ3n) is 4.99. The fourth-order valence-electron chi connectivity index (χ4n) is 3.53. The van der Waals surface area contributed by atoms with Crippen LogP contribution in [0.1, 0.15) is 63.5 Å². The highest BCUT2D eigenvalue weighted by Gasteiger charge is 2.32. The minimum absolute atomic E-state index is 0.00649. The average Bonchev–Trinajstić information content (AvgIpc) is 3.27. The molecule has 0 spiro atoms. The number of rotatable bonds is 9. The van der Waals surface area contributed by atoms with Gasteiger partial charge in [-0.3, -0.25) is 14.4 Å². The molecule has 10 nitrogen and oxygen atoms in total. The summed E-state index contributed by atoms with van der Waals surface area (Å²) in [6.45, 7) is 3.84. The Morgan fingerprint density at radius 1 is 1.18 bits per heavy atom. The van der Waals surface area contributed by atoms with Gasteiger partial charge in [-0.2, -0.15) is 17.7 Å². The molecule has 2 N–H and O–H groups in total. The Kier molecular flexibility index (Phi) is 7.62. The molecular formula is C22H27N3O7S. The quantitative estimate of drug-likeness (QED) is 0.214. The smallest absolute Gasteiger partial charge is 0.333 e. The van der Waals surface area contributed by atoms with Gasteiger partial charge in [0.2, 0.25) is 5.91 Å². The molecule has 1 aromatic rings. The minimum atomic E-state index is -0.691. The maximum absolute atomic E-state index is 12.0. The summed E-state index contributed by atoms with van der Waals surface area (Å²) in [6.07, 6.45) is 1.76. The summed E-state index contributed by atoms with van der Waals surface area (Å²) in [4.78, 5) is 51.5. The van der Waals surface area contributed by atoms with Crippen molar-refractivity contribution in [2.45, 2.75) is 63.5 Å². The lowest BCUT2D eigenvalue weighted by Gasteiger charge is -2.15. The van der Waals surface area contributed by atoms with E-state index in [4.69, 9.17) is 9.57 Å². The Labute approximate surface area is 196 Å². The molecule has 0 radical (unpaired) electrons. The number of nitrogens with one attached hydrogen (secondary N) is 1. The normalized spacial score (nSPS) is 16.8. The number of aromatic hydroxyl groups is 1. The zero-order valence-corrected chi connectivity index (χ0v) is 19.4. The van der Waals surface area contributed by atoms with Crippen LogP contribution in [0.2, 0.25) is 0 Å². The molecule has 3 rings (SSSR count). The first kappa shape index (κ1) is 24.6. The highest BCUT2D eigenvalue weighted by atomic mass is 32.1. The molecule has 3 amide bonds. The van der Waals surface area contributed by atoms with Crippen molar-refractivity contribution in [3.8, 4) is 11.5 Å². The minimum Gasteiger partial charge on any atom is -0.507 e. The first-order valence-corrected chi connectivity index (χ1v) is 11.1. The van der Waals surface area contributed by atoms with Crippen LogP contribution in [0.4, 0.5) is 0 Å². The molecular weight excluding hydrogens is 450 g/mol. The molecule has 0 unspecified atom stereocenters.